The Hall–Kier alpha value is -1.89. The highest BCUT2D eigenvalue weighted by Gasteiger charge is 2.35. The van der Waals surface area contributed by atoms with Crippen LogP contribution in [0.15, 0.2) is 0 Å². The molecule has 0 saturated carbocycles. The molecule has 1 heterocycles. The fourth-order valence-corrected chi connectivity index (χ4v) is 4.17. The van der Waals surface area contributed by atoms with Crippen LogP contribution in [0.1, 0.15) is 58.8 Å². The van der Waals surface area contributed by atoms with E-state index in [9.17, 15) is 28.6 Å². The van der Waals surface area contributed by atoms with Gasteiger partial charge in [-0.1, -0.05) is 19.8 Å². The molecule has 2 unspecified atom stereocenters. The Bertz CT molecular complexity index is 767. The highest BCUT2D eigenvalue weighted by atomic mass is 31.2. The number of nitrogens with one attached hydrogen (secondary N) is 2. The molecule has 214 valence electrons. The van der Waals surface area contributed by atoms with Crippen molar-refractivity contribution in [3.63, 3.8) is 0 Å². The average molecular weight is 552 g/mol. The van der Waals surface area contributed by atoms with Crippen LogP contribution in [0, 0.1) is 5.92 Å². The van der Waals surface area contributed by atoms with Crippen molar-refractivity contribution in [1.29, 1.82) is 0 Å². The third-order valence-corrected chi connectivity index (χ3v) is 6.48. The normalized spacial score (nSPS) is 17.2. The first-order valence-corrected chi connectivity index (χ1v) is 14.3. The predicted molar refractivity (Wildman–Crippen MR) is 133 cm³/mol. The van der Waals surface area contributed by atoms with Gasteiger partial charge >= 0.3 is 7.82 Å². The molecular weight excluding hydrogens is 509 g/mol. The second-order valence-corrected chi connectivity index (χ2v) is 10.0. The van der Waals surface area contributed by atoms with E-state index in [-0.39, 0.29) is 75.2 Å². The third kappa shape index (κ3) is 15.8. The summed E-state index contributed by atoms with van der Waals surface area (Å²) in [6.45, 7) is 5.76. The zero-order valence-electron chi connectivity index (χ0n) is 21.9. The van der Waals surface area contributed by atoms with Gasteiger partial charge in [0.15, 0.2) is 0 Å². The van der Waals surface area contributed by atoms with Crippen molar-refractivity contribution in [2.45, 2.75) is 58.8 Å². The summed E-state index contributed by atoms with van der Waals surface area (Å²) < 4.78 is 31.5. The maximum atomic E-state index is 11.8. The number of nitrogens with zero attached hydrogens (tertiary/aromatic N) is 1. The molecule has 37 heavy (non-hydrogen) atoms. The van der Waals surface area contributed by atoms with Crippen molar-refractivity contribution < 1.29 is 47.2 Å². The summed E-state index contributed by atoms with van der Waals surface area (Å²) in [6, 6.07) is 0. The average Bonchev–Trinajstić information content (AvgIpc) is 3.08. The van der Waals surface area contributed by atoms with Gasteiger partial charge in [0, 0.05) is 44.8 Å². The van der Waals surface area contributed by atoms with E-state index in [2.05, 4.69) is 15.2 Å². The molecule has 0 aliphatic carbocycles. The van der Waals surface area contributed by atoms with Gasteiger partial charge in [-0.25, -0.2) is 4.57 Å². The number of carbonyl (C=O) groups excluding carboxylic acids is 4. The summed E-state index contributed by atoms with van der Waals surface area (Å²) in [4.78, 5) is 57.5. The summed E-state index contributed by atoms with van der Waals surface area (Å²) in [5, 5.41) is 5.49. The van der Waals surface area contributed by atoms with Crippen LogP contribution in [0.2, 0.25) is 0 Å². The minimum atomic E-state index is -3.91. The number of carbonyl (C=O) groups is 4. The molecule has 1 aliphatic rings. The van der Waals surface area contributed by atoms with E-state index in [0.717, 1.165) is 24.2 Å². The van der Waals surface area contributed by atoms with Crippen LogP contribution >= 0.6 is 7.82 Å². The first-order valence-electron chi connectivity index (χ1n) is 12.8. The molecule has 0 bridgehead atoms. The summed E-state index contributed by atoms with van der Waals surface area (Å²) in [6.07, 6.45) is 3.62. The molecule has 14 heteroatoms. The van der Waals surface area contributed by atoms with E-state index in [1.807, 2.05) is 0 Å². The number of hydrogen-bond donors (Lipinski definition) is 3. The Balaban J connectivity index is 1.86. The second kappa shape index (κ2) is 19.2. The van der Waals surface area contributed by atoms with E-state index >= 15 is 0 Å². The number of hydrogen-bond acceptors (Lipinski definition) is 9. The smallest absolute Gasteiger partial charge is 0.379 e. The van der Waals surface area contributed by atoms with Gasteiger partial charge in [0.25, 0.3) is 0 Å². The molecule has 0 aromatic carbocycles. The largest absolute Gasteiger partial charge is 0.472 e. The van der Waals surface area contributed by atoms with Crippen molar-refractivity contribution in [2.75, 3.05) is 59.3 Å². The van der Waals surface area contributed by atoms with Gasteiger partial charge in [-0.15, -0.1) is 0 Å². The van der Waals surface area contributed by atoms with Crippen molar-refractivity contribution in [3.05, 3.63) is 0 Å². The maximum absolute atomic E-state index is 11.8. The minimum absolute atomic E-state index is 0.0635. The summed E-state index contributed by atoms with van der Waals surface area (Å²) in [7, 11) is -3.91. The van der Waals surface area contributed by atoms with Crippen LogP contribution in [0.4, 0.5) is 0 Å². The zero-order chi connectivity index (χ0) is 27.5. The molecule has 0 aromatic rings. The monoisotopic (exact) mass is 551 g/mol. The summed E-state index contributed by atoms with van der Waals surface area (Å²) >= 11 is 0. The molecule has 0 radical (unpaired) electrons. The molecular formula is C23H42N3O10P. The Morgan fingerprint density at radius 3 is 2.24 bits per heavy atom. The van der Waals surface area contributed by atoms with Crippen LogP contribution in [-0.4, -0.2) is 92.7 Å². The number of phosphoric acid groups is 1. The third-order valence-electron chi connectivity index (χ3n) is 5.39. The quantitative estimate of drug-likeness (QED) is 0.101. The van der Waals surface area contributed by atoms with Crippen LogP contribution < -0.4 is 10.6 Å². The Labute approximate surface area is 218 Å². The summed E-state index contributed by atoms with van der Waals surface area (Å²) in [5.41, 5.74) is 0. The molecule has 1 saturated heterocycles. The highest BCUT2D eigenvalue weighted by molar-refractivity contribution is 7.47. The zero-order valence-corrected chi connectivity index (χ0v) is 22.8. The van der Waals surface area contributed by atoms with E-state index in [0.29, 0.717) is 39.3 Å². The topological polar surface area (TPSA) is 170 Å². The number of unbranched alkanes of at least 4 members (excludes halogenated alkanes) is 3. The summed E-state index contributed by atoms with van der Waals surface area (Å²) in [5.74, 6) is -1.13. The molecule has 2 atom stereocenters. The predicted octanol–water partition coefficient (Wildman–Crippen LogP) is 1.14. The molecule has 0 aromatic heterocycles. The van der Waals surface area contributed by atoms with E-state index in [1.54, 1.807) is 13.8 Å². The Morgan fingerprint density at radius 1 is 0.919 bits per heavy atom. The van der Waals surface area contributed by atoms with Gasteiger partial charge in [0.05, 0.1) is 39.6 Å². The van der Waals surface area contributed by atoms with Crippen LogP contribution in [0.3, 0.4) is 0 Å². The van der Waals surface area contributed by atoms with Crippen molar-refractivity contribution in [2.24, 2.45) is 5.92 Å². The van der Waals surface area contributed by atoms with Crippen LogP contribution in [0.5, 0.6) is 0 Å². The van der Waals surface area contributed by atoms with Crippen molar-refractivity contribution in [1.82, 2.24) is 15.5 Å². The van der Waals surface area contributed by atoms with Gasteiger partial charge in [0.1, 0.15) is 0 Å². The standard InChI is InChI=1S/C23H42N3O10P/c1-3-35-37(31,32)36-13-7-5-4-6-10-24-21(28)9-14-33-16-17-34-15-11-25-20(27)8-12-26-22(29)18-19(2)23(26)30/h19H,3-18H2,1-2H3,(H,24,28)(H,25,27)(H,31,32). The molecule has 0 spiro atoms. The maximum Gasteiger partial charge on any atom is 0.472 e. The van der Waals surface area contributed by atoms with Gasteiger partial charge in [-0.2, -0.15) is 0 Å². The first-order chi connectivity index (χ1) is 17.7. The van der Waals surface area contributed by atoms with Crippen molar-refractivity contribution in [3.8, 4) is 0 Å². The highest BCUT2D eigenvalue weighted by Crippen LogP contribution is 2.42. The number of amides is 4. The van der Waals surface area contributed by atoms with Crippen LogP contribution in [-0.2, 0) is 42.3 Å². The van der Waals surface area contributed by atoms with Gasteiger partial charge in [-0.3, -0.25) is 33.1 Å². The number of phosphoric ester groups is 1. The minimum Gasteiger partial charge on any atom is -0.379 e. The Kier molecular flexibility index (Phi) is 17.2. The van der Waals surface area contributed by atoms with Gasteiger partial charge in [-0.05, 0) is 19.8 Å². The Morgan fingerprint density at radius 2 is 1.57 bits per heavy atom. The van der Waals surface area contributed by atoms with E-state index in [4.69, 9.17) is 14.0 Å². The van der Waals surface area contributed by atoms with Crippen molar-refractivity contribution >= 4 is 31.5 Å². The van der Waals surface area contributed by atoms with E-state index < -0.39 is 7.82 Å². The SMILES string of the molecule is CCOP(=O)(O)OCCCCCCNC(=O)CCOCCOCCNC(=O)CCN1C(=O)CC(C)C1=O. The molecule has 13 nitrogen and oxygen atoms in total. The molecule has 4 amide bonds. The lowest BCUT2D eigenvalue weighted by Crippen LogP contribution is -2.35. The molecule has 1 aliphatic heterocycles. The fraction of sp³-hybridized carbons (Fsp3) is 0.826. The fourth-order valence-electron chi connectivity index (χ4n) is 3.41. The molecule has 1 fully saturated rings. The lowest BCUT2D eigenvalue weighted by atomic mass is 10.1. The van der Waals surface area contributed by atoms with Gasteiger partial charge < -0.3 is 25.0 Å². The lowest BCUT2D eigenvalue weighted by Gasteiger charge is -2.14. The van der Waals surface area contributed by atoms with Crippen LogP contribution in [0.25, 0.3) is 0 Å². The number of imide groups is 1. The second-order valence-electron chi connectivity index (χ2n) is 8.55. The molecule has 3 N–H and O–H groups in total. The van der Waals surface area contributed by atoms with Gasteiger partial charge in [0.2, 0.25) is 23.6 Å². The molecule has 1 rings (SSSR count). The first kappa shape index (κ1) is 33.1. The number of rotatable bonds is 22. The number of ether oxygens (including phenoxy) is 2. The number of likely N-dealkylation sites (tertiary alicyclic amines) is 1. The van der Waals surface area contributed by atoms with E-state index in [1.165, 1.54) is 0 Å². The lowest BCUT2D eigenvalue weighted by molar-refractivity contribution is -0.139.